The first kappa shape index (κ1) is 17.2. The lowest BCUT2D eigenvalue weighted by atomic mass is 9.97. The largest absolute Gasteiger partial charge is 0.348 e. The van der Waals surface area contributed by atoms with Crippen molar-refractivity contribution >= 4 is 29.9 Å². The second-order valence-electron chi connectivity index (χ2n) is 5.23. The van der Waals surface area contributed by atoms with Gasteiger partial charge in [-0.3, -0.25) is 4.79 Å². The highest BCUT2D eigenvalue weighted by Crippen LogP contribution is 2.28. The molecule has 1 unspecified atom stereocenters. The van der Waals surface area contributed by atoms with Crippen molar-refractivity contribution in [3.8, 4) is 0 Å². The van der Waals surface area contributed by atoms with Crippen LogP contribution in [0, 0.1) is 5.82 Å². The van der Waals surface area contributed by atoms with Gasteiger partial charge in [-0.25, -0.2) is 4.39 Å². The molecule has 0 saturated heterocycles. The lowest BCUT2D eigenvalue weighted by Gasteiger charge is -2.25. The third-order valence-corrected chi connectivity index (χ3v) is 4.03. The van der Waals surface area contributed by atoms with Gasteiger partial charge in [0.25, 0.3) is 0 Å². The molecule has 3 N–H and O–H groups in total. The van der Waals surface area contributed by atoms with Gasteiger partial charge in [0, 0.05) is 0 Å². The third-order valence-electron chi connectivity index (χ3n) is 3.74. The molecule has 112 valence electrons. The third kappa shape index (κ3) is 3.62. The molecular formula is C14H19Cl2FN2O. The van der Waals surface area contributed by atoms with E-state index in [9.17, 15) is 9.18 Å². The van der Waals surface area contributed by atoms with E-state index in [1.54, 1.807) is 6.07 Å². The van der Waals surface area contributed by atoms with Crippen molar-refractivity contribution in [2.75, 3.05) is 0 Å². The van der Waals surface area contributed by atoms with Gasteiger partial charge in [0.1, 0.15) is 5.82 Å². The Hall–Kier alpha value is -0.840. The van der Waals surface area contributed by atoms with Gasteiger partial charge in [0.15, 0.2) is 0 Å². The zero-order valence-corrected chi connectivity index (χ0v) is 12.9. The maximum atomic E-state index is 13.1. The number of nitrogens with two attached hydrogens (primary N) is 1. The first-order chi connectivity index (χ1) is 8.92. The molecule has 0 radical (unpaired) electrons. The summed E-state index contributed by atoms with van der Waals surface area (Å²) in [6.45, 7) is 1.83. The van der Waals surface area contributed by atoms with Gasteiger partial charge in [0.2, 0.25) is 5.91 Å². The fraction of sp³-hybridized carbons (Fsp3) is 0.500. The Bertz CT molecular complexity index is 490. The maximum absolute atomic E-state index is 13.1. The highest BCUT2D eigenvalue weighted by Gasteiger charge is 2.37. The Morgan fingerprint density at radius 2 is 2.05 bits per heavy atom. The van der Waals surface area contributed by atoms with Crippen molar-refractivity contribution in [2.45, 2.75) is 44.2 Å². The van der Waals surface area contributed by atoms with Gasteiger partial charge >= 0.3 is 0 Å². The van der Waals surface area contributed by atoms with Crippen LogP contribution in [0.4, 0.5) is 4.39 Å². The number of carbonyl (C=O) groups excluding carboxylic acids is 1. The molecule has 0 aromatic heterocycles. The number of carbonyl (C=O) groups is 1. The van der Waals surface area contributed by atoms with E-state index in [1.807, 2.05) is 6.92 Å². The van der Waals surface area contributed by atoms with Gasteiger partial charge in [-0.05, 0) is 37.5 Å². The second kappa shape index (κ2) is 6.74. The summed E-state index contributed by atoms with van der Waals surface area (Å²) in [7, 11) is 0. The average molecular weight is 321 g/mol. The van der Waals surface area contributed by atoms with Crippen LogP contribution in [0.2, 0.25) is 5.02 Å². The first-order valence-corrected chi connectivity index (χ1v) is 6.85. The Kier molecular flexibility index (Phi) is 5.80. The SMILES string of the molecule is CC(NC(=O)C1(N)CCCC1)c1ccc(F)c(Cl)c1.Cl. The molecule has 1 aliphatic carbocycles. The smallest absolute Gasteiger partial charge is 0.240 e. The van der Waals surface area contributed by atoms with Crippen LogP contribution in [0.1, 0.15) is 44.2 Å². The number of benzene rings is 1. The molecule has 2 rings (SSSR count). The van der Waals surface area contributed by atoms with Gasteiger partial charge in [-0.2, -0.15) is 0 Å². The minimum Gasteiger partial charge on any atom is -0.348 e. The Labute approximate surface area is 129 Å². The molecule has 6 heteroatoms. The zero-order valence-electron chi connectivity index (χ0n) is 11.3. The van der Waals surface area contributed by atoms with Gasteiger partial charge in [-0.15, -0.1) is 12.4 Å². The number of amides is 1. The summed E-state index contributed by atoms with van der Waals surface area (Å²) < 4.78 is 13.1. The maximum Gasteiger partial charge on any atom is 0.240 e. The summed E-state index contributed by atoms with van der Waals surface area (Å²) in [5.41, 5.74) is 6.10. The summed E-state index contributed by atoms with van der Waals surface area (Å²) in [6, 6.07) is 4.20. The van der Waals surface area contributed by atoms with Crippen LogP contribution in [-0.4, -0.2) is 11.4 Å². The van der Waals surface area contributed by atoms with Crippen molar-refractivity contribution < 1.29 is 9.18 Å². The van der Waals surface area contributed by atoms with E-state index in [1.165, 1.54) is 12.1 Å². The Morgan fingerprint density at radius 3 is 2.60 bits per heavy atom. The number of hydrogen-bond acceptors (Lipinski definition) is 2. The van der Waals surface area contributed by atoms with Crippen LogP contribution < -0.4 is 11.1 Å². The summed E-state index contributed by atoms with van der Waals surface area (Å²) in [6.07, 6.45) is 3.41. The van der Waals surface area contributed by atoms with E-state index in [2.05, 4.69) is 5.32 Å². The first-order valence-electron chi connectivity index (χ1n) is 6.47. The standard InChI is InChI=1S/C14H18ClFN2O.ClH/c1-9(10-4-5-12(16)11(15)8-10)18-13(19)14(17)6-2-3-7-14;/h4-5,8-9H,2-3,6-7,17H2,1H3,(H,18,19);1H. The van der Waals surface area contributed by atoms with Crippen molar-refractivity contribution in [1.29, 1.82) is 0 Å². The van der Waals surface area contributed by atoms with Gasteiger partial charge in [0.05, 0.1) is 16.6 Å². The lowest BCUT2D eigenvalue weighted by molar-refractivity contribution is -0.126. The molecule has 0 aliphatic heterocycles. The molecule has 20 heavy (non-hydrogen) atoms. The van der Waals surface area contributed by atoms with Crippen LogP contribution in [0.25, 0.3) is 0 Å². The molecule has 1 fully saturated rings. The monoisotopic (exact) mass is 320 g/mol. The zero-order chi connectivity index (χ0) is 14.0. The molecule has 1 atom stereocenters. The molecule has 1 aromatic rings. The molecule has 3 nitrogen and oxygen atoms in total. The average Bonchev–Trinajstić information content (AvgIpc) is 2.81. The second-order valence-corrected chi connectivity index (χ2v) is 5.64. The Balaban J connectivity index is 0.00000200. The quantitative estimate of drug-likeness (QED) is 0.897. The minimum atomic E-state index is -0.752. The Morgan fingerprint density at radius 1 is 1.45 bits per heavy atom. The molecule has 1 aliphatic rings. The number of rotatable bonds is 3. The van der Waals surface area contributed by atoms with Gasteiger partial charge in [-0.1, -0.05) is 30.5 Å². The van der Waals surface area contributed by atoms with E-state index in [0.717, 1.165) is 31.2 Å². The van der Waals surface area contributed by atoms with E-state index in [4.69, 9.17) is 17.3 Å². The molecular weight excluding hydrogens is 302 g/mol. The number of hydrogen-bond donors (Lipinski definition) is 2. The van der Waals surface area contributed by atoms with Crippen LogP contribution in [0.15, 0.2) is 18.2 Å². The van der Waals surface area contributed by atoms with Gasteiger partial charge < -0.3 is 11.1 Å². The lowest BCUT2D eigenvalue weighted by Crippen LogP contribution is -2.52. The molecule has 0 bridgehead atoms. The number of nitrogens with one attached hydrogen (secondary N) is 1. The van der Waals surface area contributed by atoms with E-state index >= 15 is 0 Å². The van der Waals surface area contributed by atoms with Crippen LogP contribution in [0.3, 0.4) is 0 Å². The fourth-order valence-corrected chi connectivity index (χ4v) is 2.63. The van der Waals surface area contributed by atoms with E-state index in [-0.39, 0.29) is 29.4 Å². The van der Waals surface area contributed by atoms with Crippen molar-refractivity contribution in [3.05, 3.63) is 34.6 Å². The summed E-state index contributed by atoms with van der Waals surface area (Å²) in [5.74, 6) is -0.604. The molecule has 1 saturated carbocycles. The summed E-state index contributed by atoms with van der Waals surface area (Å²) in [4.78, 5) is 12.2. The molecule has 0 spiro atoms. The summed E-state index contributed by atoms with van der Waals surface area (Å²) in [5, 5.41) is 2.94. The van der Waals surface area contributed by atoms with Crippen LogP contribution >= 0.6 is 24.0 Å². The topological polar surface area (TPSA) is 55.1 Å². The minimum absolute atomic E-state index is 0. The van der Waals surface area contributed by atoms with Crippen LogP contribution in [-0.2, 0) is 4.79 Å². The molecule has 1 amide bonds. The predicted octanol–water partition coefficient (Wildman–Crippen LogP) is 3.35. The molecule has 1 aromatic carbocycles. The van der Waals surface area contributed by atoms with Crippen LogP contribution in [0.5, 0.6) is 0 Å². The predicted molar refractivity (Wildman–Crippen MR) is 80.6 cm³/mol. The van der Waals surface area contributed by atoms with Crippen molar-refractivity contribution in [1.82, 2.24) is 5.32 Å². The highest BCUT2D eigenvalue weighted by molar-refractivity contribution is 6.30. The van der Waals surface area contributed by atoms with E-state index < -0.39 is 11.4 Å². The number of halogens is 3. The highest BCUT2D eigenvalue weighted by atomic mass is 35.5. The normalized spacial score (nSPS) is 18.2. The van der Waals surface area contributed by atoms with Crippen molar-refractivity contribution in [3.63, 3.8) is 0 Å². The fourth-order valence-electron chi connectivity index (χ4n) is 2.44. The van der Waals surface area contributed by atoms with Crippen molar-refractivity contribution in [2.24, 2.45) is 5.73 Å². The molecule has 0 heterocycles. The summed E-state index contributed by atoms with van der Waals surface area (Å²) >= 11 is 5.74. The van der Waals surface area contributed by atoms with E-state index in [0.29, 0.717) is 0 Å².